The number of para-hydroxylation sites is 1. The summed E-state index contributed by atoms with van der Waals surface area (Å²) in [7, 11) is 0. The van der Waals surface area contributed by atoms with Crippen LogP contribution >= 0.6 is 0 Å². The first-order chi connectivity index (χ1) is 10.2. The second kappa shape index (κ2) is 5.66. The first kappa shape index (κ1) is 13.8. The van der Waals surface area contributed by atoms with Gasteiger partial charge in [0.05, 0.1) is 12.1 Å². The van der Waals surface area contributed by atoms with Crippen LogP contribution in [0.1, 0.15) is 12.5 Å². The third-order valence-electron chi connectivity index (χ3n) is 3.69. The number of benzene rings is 2. The number of aliphatic hydroxyl groups excluding tert-OH is 1. The van der Waals surface area contributed by atoms with Crippen LogP contribution < -0.4 is 14.8 Å². The van der Waals surface area contributed by atoms with E-state index in [2.05, 4.69) is 5.32 Å². The quantitative estimate of drug-likeness (QED) is 0.907. The van der Waals surface area contributed by atoms with E-state index in [1.807, 2.05) is 55.5 Å². The predicted molar refractivity (Wildman–Crippen MR) is 81.9 cm³/mol. The maximum Gasteiger partial charge on any atom is 0.161 e. The van der Waals surface area contributed by atoms with Crippen LogP contribution in [0.2, 0.25) is 0 Å². The molecule has 1 aliphatic heterocycles. The summed E-state index contributed by atoms with van der Waals surface area (Å²) in [4.78, 5) is 0. The molecular weight excluding hydrogens is 266 g/mol. The van der Waals surface area contributed by atoms with E-state index in [1.54, 1.807) is 0 Å². The molecule has 0 radical (unpaired) electrons. The normalized spacial score (nSPS) is 16.1. The maximum absolute atomic E-state index is 9.87. The molecule has 2 aromatic rings. The number of hydrogen-bond donors (Lipinski definition) is 2. The highest BCUT2D eigenvalue weighted by Crippen LogP contribution is 2.35. The van der Waals surface area contributed by atoms with Gasteiger partial charge in [0, 0.05) is 5.69 Å². The third kappa shape index (κ3) is 2.81. The molecule has 0 aromatic heterocycles. The fourth-order valence-corrected chi connectivity index (χ4v) is 2.43. The first-order valence-electron chi connectivity index (χ1n) is 7.05. The smallest absolute Gasteiger partial charge is 0.161 e. The lowest BCUT2D eigenvalue weighted by Crippen LogP contribution is -2.36. The Kier molecular flexibility index (Phi) is 3.71. The van der Waals surface area contributed by atoms with Crippen molar-refractivity contribution in [2.45, 2.75) is 12.5 Å². The minimum atomic E-state index is -0.586. The van der Waals surface area contributed by atoms with E-state index in [1.165, 1.54) is 0 Å². The van der Waals surface area contributed by atoms with Crippen LogP contribution in [-0.2, 0) is 5.54 Å². The second-order valence-corrected chi connectivity index (χ2v) is 5.34. The van der Waals surface area contributed by atoms with Gasteiger partial charge < -0.3 is 19.9 Å². The number of fused-ring (bicyclic) bond motifs is 1. The van der Waals surface area contributed by atoms with Crippen molar-refractivity contribution < 1.29 is 14.6 Å². The highest BCUT2D eigenvalue weighted by molar-refractivity contribution is 5.51. The summed E-state index contributed by atoms with van der Waals surface area (Å²) in [5.41, 5.74) is 1.33. The molecule has 0 amide bonds. The van der Waals surface area contributed by atoms with Crippen molar-refractivity contribution in [1.82, 2.24) is 0 Å². The Morgan fingerprint density at radius 1 is 1.05 bits per heavy atom. The number of rotatable bonds is 4. The molecule has 0 saturated heterocycles. The van der Waals surface area contributed by atoms with Crippen LogP contribution in [0.15, 0.2) is 48.5 Å². The molecule has 0 aliphatic carbocycles. The summed E-state index contributed by atoms with van der Waals surface area (Å²) in [5, 5.41) is 13.3. The van der Waals surface area contributed by atoms with Gasteiger partial charge in [0.1, 0.15) is 13.2 Å². The SMILES string of the molecule is CC(CO)(Nc1ccccc1)c1ccc2c(c1)OCCO2. The van der Waals surface area contributed by atoms with Gasteiger partial charge in [-0.05, 0) is 36.8 Å². The molecule has 0 saturated carbocycles. The maximum atomic E-state index is 9.87. The largest absolute Gasteiger partial charge is 0.486 e. The Morgan fingerprint density at radius 3 is 2.48 bits per heavy atom. The molecule has 1 atom stereocenters. The Morgan fingerprint density at radius 2 is 1.76 bits per heavy atom. The number of aliphatic hydroxyl groups is 1. The lowest BCUT2D eigenvalue weighted by Gasteiger charge is -2.31. The van der Waals surface area contributed by atoms with E-state index in [0.717, 1.165) is 22.7 Å². The first-order valence-corrected chi connectivity index (χ1v) is 7.05. The van der Waals surface area contributed by atoms with Gasteiger partial charge in [-0.2, -0.15) is 0 Å². The standard InChI is InChI=1S/C17H19NO3/c1-17(12-19,18-14-5-3-2-4-6-14)13-7-8-15-16(11-13)21-10-9-20-15/h2-8,11,18-19H,9-10,12H2,1H3. The molecule has 2 N–H and O–H groups in total. The van der Waals surface area contributed by atoms with Crippen molar-refractivity contribution >= 4 is 5.69 Å². The molecule has 21 heavy (non-hydrogen) atoms. The molecule has 0 bridgehead atoms. The van der Waals surface area contributed by atoms with Crippen LogP contribution in [0, 0.1) is 0 Å². The zero-order valence-electron chi connectivity index (χ0n) is 12.0. The molecular formula is C17H19NO3. The van der Waals surface area contributed by atoms with E-state index >= 15 is 0 Å². The number of anilines is 1. The van der Waals surface area contributed by atoms with Gasteiger partial charge in [0.2, 0.25) is 0 Å². The number of hydrogen-bond acceptors (Lipinski definition) is 4. The minimum Gasteiger partial charge on any atom is -0.486 e. The molecule has 110 valence electrons. The summed E-state index contributed by atoms with van der Waals surface area (Å²) < 4.78 is 11.2. The summed E-state index contributed by atoms with van der Waals surface area (Å²) in [6, 6.07) is 15.6. The van der Waals surface area contributed by atoms with Gasteiger partial charge in [-0.25, -0.2) is 0 Å². The van der Waals surface area contributed by atoms with Gasteiger partial charge >= 0.3 is 0 Å². The number of ether oxygens (including phenoxy) is 2. The fourth-order valence-electron chi connectivity index (χ4n) is 2.43. The van der Waals surface area contributed by atoms with Crippen LogP contribution in [0.5, 0.6) is 11.5 Å². The monoisotopic (exact) mass is 285 g/mol. The Hall–Kier alpha value is -2.20. The average Bonchev–Trinajstić information content (AvgIpc) is 2.55. The molecule has 4 nitrogen and oxygen atoms in total. The van der Waals surface area contributed by atoms with Crippen molar-refractivity contribution in [3.8, 4) is 11.5 Å². The van der Waals surface area contributed by atoms with Crippen molar-refractivity contribution in [2.24, 2.45) is 0 Å². The molecule has 3 rings (SSSR count). The summed E-state index contributed by atoms with van der Waals surface area (Å²) >= 11 is 0. The van der Waals surface area contributed by atoms with E-state index < -0.39 is 5.54 Å². The Labute approximate surface area is 124 Å². The lowest BCUT2D eigenvalue weighted by atomic mass is 9.92. The minimum absolute atomic E-state index is 0.0263. The summed E-state index contributed by atoms with van der Waals surface area (Å²) in [5.74, 6) is 1.48. The Balaban J connectivity index is 1.91. The molecule has 1 heterocycles. The van der Waals surface area contributed by atoms with E-state index in [9.17, 15) is 5.11 Å². The summed E-state index contributed by atoms with van der Waals surface area (Å²) in [6.07, 6.45) is 0. The highest BCUT2D eigenvalue weighted by atomic mass is 16.6. The third-order valence-corrected chi connectivity index (χ3v) is 3.69. The van der Waals surface area contributed by atoms with Crippen molar-refractivity contribution in [1.29, 1.82) is 0 Å². The molecule has 1 aliphatic rings. The predicted octanol–water partition coefficient (Wildman–Crippen LogP) is 2.78. The van der Waals surface area contributed by atoms with Crippen LogP contribution in [-0.4, -0.2) is 24.9 Å². The molecule has 1 unspecified atom stereocenters. The van der Waals surface area contributed by atoms with Gasteiger partial charge in [-0.15, -0.1) is 0 Å². The summed E-state index contributed by atoms with van der Waals surface area (Å²) in [6.45, 7) is 3.07. The van der Waals surface area contributed by atoms with Crippen molar-refractivity contribution in [3.05, 3.63) is 54.1 Å². The van der Waals surface area contributed by atoms with Gasteiger partial charge in [-0.1, -0.05) is 24.3 Å². The van der Waals surface area contributed by atoms with E-state index in [4.69, 9.17) is 9.47 Å². The van der Waals surface area contributed by atoms with Crippen LogP contribution in [0.3, 0.4) is 0 Å². The van der Waals surface area contributed by atoms with Crippen molar-refractivity contribution in [3.63, 3.8) is 0 Å². The molecule has 0 fully saturated rings. The average molecular weight is 285 g/mol. The van der Waals surface area contributed by atoms with Crippen LogP contribution in [0.25, 0.3) is 0 Å². The Bertz CT molecular complexity index is 615. The van der Waals surface area contributed by atoms with Crippen LogP contribution in [0.4, 0.5) is 5.69 Å². The lowest BCUT2D eigenvalue weighted by molar-refractivity contribution is 0.170. The van der Waals surface area contributed by atoms with E-state index in [-0.39, 0.29) is 6.61 Å². The van der Waals surface area contributed by atoms with E-state index in [0.29, 0.717) is 13.2 Å². The molecule has 2 aromatic carbocycles. The molecule has 0 spiro atoms. The zero-order valence-corrected chi connectivity index (χ0v) is 12.0. The zero-order chi connectivity index (χ0) is 14.7. The fraction of sp³-hybridized carbons (Fsp3) is 0.294. The van der Waals surface area contributed by atoms with Gasteiger partial charge in [0.15, 0.2) is 11.5 Å². The van der Waals surface area contributed by atoms with Gasteiger partial charge in [0.25, 0.3) is 0 Å². The number of nitrogens with one attached hydrogen (secondary N) is 1. The van der Waals surface area contributed by atoms with Crippen molar-refractivity contribution in [2.75, 3.05) is 25.1 Å². The van der Waals surface area contributed by atoms with Gasteiger partial charge in [-0.3, -0.25) is 0 Å². The molecule has 4 heteroatoms. The highest BCUT2D eigenvalue weighted by Gasteiger charge is 2.27. The topological polar surface area (TPSA) is 50.7 Å². The second-order valence-electron chi connectivity index (χ2n) is 5.34.